The van der Waals surface area contributed by atoms with Gasteiger partial charge in [0.15, 0.2) is 0 Å². The molecule has 1 unspecified atom stereocenters. The third-order valence-electron chi connectivity index (χ3n) is 5.88. The SMILES string of the molecule is CCCCCCCCCCCCCCCCCCN1C(=O)CCC1C. The number of nitrogens with zero attached hydrogens (tertiary/aromatic N) is 1. The molecule has 0 spiro atoms. The summed E-state index contributed by atoms with van der Waals surface area (Å²) in [6.45, 7) is 5.48. The van der Waals surface area contributed by atoms with Gasteiger partial charge in [0, 0.05) is 19.0 Å². The minimum absolute atomic E-state index is 0.383. The summed E-state index contributed by atoms with van der Waals surface area (Å²) in [4.78, 5) is 13.8. The van der Waals surface area contributed by atoms with E-state index in [2.05, 4.69) is 18.7 Å². The average molecular weight is 352 g/mol. The van der Waals surface area contributed by atoms with E-state index >= 15 is 0 Å². The lowest BCUT2D eigenvalue weighted by molar-refractivity contribution is -0.128. The molecule has 1 saturated heterocycles. The van der Waals surface area contributed by atoms with E-state index < -0.39 is 0 Å². The average Bonchev–Trinajstić information content (AvgIpc) is 2.93. The van der Waals surface area contributed by atoms with E-state index in [1.807, 2.05) is 0 Å². The van der Waals surface area contributed by atoms with Crippen molar-refractivity contribution in [2.24, 2.45) is 0 Å². The van der Waals surface area contributed by atoms with Crippen molar-refractivity contribution < 1.29 is 4.79 Å². The summed E-state index contributed by atoms with van der Waals surface area (Å²) in [7, 11) is 0. The Morgan fingerprint density at radius 2 is 1.12 bits per heavy atom. The van der Waals surface area contributed by atoms with Crippen molar-refractivity contribution >= 4 is 5.91 Å². The summed E-state index contributed by atoms with van der Waals surface area (Å²) in [5.41, 5.74) is 0. The summed E-state index contributed by atoms with van der Waals surface area (Å²) in [6.07, 6.45) is 24.3. The van der Waals surface area contributed by atoms with Gasteiger partial charge in [0.1, 0.15) is 0 Å². The number of likely N-dealkylation sites (tertiary alicyclic amines) is 1. The van der Waals surface area contributed by atoms with Gasteiger partial charge in [-0.15, -0.1) is 0 Å². The zero-order valence-electron chi connectivity index (χ0n) is 17.4. The van der Waals surface area contributed by atoms with Gasteiger partial charge in [-0.25, -0.2) is 0 Å². The molecule has 0 aliphatic carbocycles. The van der Waals surface area contributed by atoms with Crippen LogP contribution in [0.2, 0.25) is 0 Å². The predicted octanol–water partition coefficient (Wildman–Crippen LogP) is 7.26. The quantitative estimate of drug-likeness (QED) is 0.252. The van der Waals surface area contributed by atoms with Gasteiger partial charge in [0.05, 0.1) is 0 Å². The standard InChI is InChI=1S/C23H45NO/c1-3-4-5-6-7-8-9-10-11-12-13-14-15-16-17-18-21-24-22(2)19-20-23(24)25/h22H,3-21H2,1-2H3. The highest BCUT2D eigenvalue weighted by Crippen LogP contribution is 2.19. The molecule has 0 saturated carbocycles. The Morgan fingerprint density at radius 3 is 1.48 bits per heavy atom. The van der Waals surface area contributed by atoms with Crippen molar-refractivity contribution in [1.29, 1.82) is 0 Å². The molecule has 1 aliphatic rings. The second kappa shape index (κ2) is 15.7. The van der Waals surface area contributed by atoms with Gasteiger partial charge < -0.3 is 4.90 Å². The monoisotopic (exact) mass is 351 g/mol. The zero-order chi connectivity index (χ0) is 18.2. The van der Waals surface area contributed by atoms with E-state index in [1.54, 1.807) is 0 Å². The molecule has 2 heteroatoms. The first-order valence-corrected chi connectivity index (χ1v) is 11.5. The molecular weight excluding hydrogens is 306 g/mol. The van der Waals surface area contributed by atoms with Crippen LogP contribution >= 0.6 is 0 Å². The van der Waals surface area contributed by atoms with Crippen molar-refractivity contribution in [2.45, 2.75) is 135 Å². The molecule has 1 atom stereocenters. The van der Waals surface area contributed by atoms with Gasteiger partial charge in [-0.3, -0.25) is 4.79 Å². The zero-order valence-corrected chi connectivity index (χ0v) is 17.4. The molecule has 1 heterocycles. The normalized spacial score (nSPS) is 17.6. The fourth-order valence-electron chi connectivity index (χ4n) is 4.05. The third-order valence-corrected chi connectivity index (χ3v) is 5.88. The Morgan fingerprint density at radius 1 is 0.720 bits per heavy atom. The first-order valence-electron chi connectivity index (χ1n) is 11.5. The van der Waals surface area contributed by atoms with Crippen molar-refractivity contribution in [1.82, 2.24) is 4.90 Å². The third kappa shape index (κ3) is 11.7. The molecule has 0 aromatic heterocycles. The van der Waals surface area contributed by atoms with Gasteiger partial charge >= 0.3 is 0 Å². The second-order valence-electron chi connectivity index (χ2n) is 8.28. The van der Waals surface area contributed by atoms with Crippen LogP contribution in [0.15, 0.2) is 0 Å². The first kappa shape index (κ1) is 22.5. The Balaban J connectivity index is 1.73. The van der Waals surface area contributed by atoms with Gasteiger partial charge in [-0.2, -0.15) is 0 Å². The summed E-state index contributed by atoms with van der Waals surface area (Å²) >= 11 is 0. The number of carbonyl (C=O) groups is 1. The molecule has 1 aliphatic heterocycles. The van der Waals surface area contributed by atoms with E-state index in [9.17, 15) is 4.79 Å². The summed E-state index contributed by atoms with van der Waals surface area (Å²) in [5.74, 6) is 0.383. The van der Waals surface area contributed by atoms with E-state index in [0.717, 1.165) is 19.4 Å². The molecule has 1 fully saturated rings. The molecule has 148 valence electrons. The minimum Gasteiger partial charge on any atom is -0.340 e. The van der Waals surface area contributed by atoms with Crippen LogP contribution in [0, 0.1) is 0 Å². The maximum Gasteiger partial charge on any atom is 0.222 e. The fraction of sp³-hybridized carbons (Fsp3) is 0.957. The molecular formula is C23H45NO. The van der Waals surface area contributed by atoms with Crippen LogP contribution in [0.25, 0.3) is 0 Å². The van der Waals surface area contributed by atoms with Crippen LogP contribution in [-0.4, -0.2) is 23.4 Å². The Bertz CT molecular complexity index is 315. The lowest BCUT2D eigenvalue weighted by Crippen LogP contribution is -2.31. The highest BCUT2D eigenvalue weighted by atomic mass is 16.2. The molecule has 0 N–H and O–H groups in total. The Kier molecular flexibility index (Phi) is 14.1. The van der Waals surface area contributed by atoms with Crippen LogP contribution in [-0.2, 0) is 4.79 Å². The summed E-state index contributed by atoms with van der Waals surface area (Å²) in [6, 6.07) is 0.490. The molecule has 2 nitrogen and oxygen atoms in total. The maximum absolute atomic E-state index is 11.7. The van der Waals surface area contributed by atoms with Crippen LogP contribution in [0.3, 0.4) is 0 Å². The Hall–Kier alpha value is -0.530. The van der Waals surface area contributed by atoms with Gasteiger partial charge in [-0.1, -0.05) is 103 Å². The van der Waals surface area contributed by atoms with E-state index in [4.69, 9.17) is 0 Å². The summed E-state index contributed by atoms with van der Waals surface area (Å²) < 4.78 is 0. The van der Waals surface area contributed by atoms with Gasteiger partial charge in [0.2, 0.25) is 5.91 Å². The van der Waals surface area contributed by atoms with E-state index in [0.29, 0.717) is 11.9 Å². The van der Waals surface area contributed by atoms with Crippen molar-refractivity contribution in [3.05, 3.63) is 0 Å². The number of unbranched alkanes of at least 4 members (excludes halogenated alkanes) is 15. The van der Waals surface area contributed by atoms with E-state index in [-0.39, 0.29) is 0 Å². The number of rotatable bonds is 17. The summed E-state index contributed by atoms with van der Waals surface area (Å²) in [5, 5.41) is 0. The van der Waals surface area contributed by atoms with Crippen LogP contribution in [0.5, 0.6) is 0 Å². The number of hydrogen-bond acceptors (Lipinski definition) is 1. The molecule has 1 amide bonds. The number of hydrogen-bond donors (Lipinski definition) is 0. The van der Waals surface area contributed by atoms with E-state index in [1.165, 1.54) is 103 Å². The van der Waals surface area contributed by atoms with Crippen LogP contribution < -0.4 is 0 Å². The van der Waals surface area contributed by atoms with Crippen molar-refractivity contribution in [3.8, 4) is 0 Å². The number of amides is 1. The molecule has 0 aromatic rings. The van der Waals surface area contributed by atoms with Crippen molar-refractivity contribution in [3.63, 3.8) is 0 Å². The largest absolute Gasteiger partial charge is 0.340 e. The molecule has 0 radical (unpaired) electrons. The fourth-order valence-corrected chi connectivity index (χ4v) is 4.05. The number of carbonyl (C=O) groups excluding carboxylic acids is 1. The molecule has 1 rings (SSSR count). The van der Waals surface area contributed by atoms with Crippen LogP contribution in [0.4, 0.5) is 0 Å². The van der Waals surface area contributed by atoms with Gasteiger partial charge in [-0.05, 0) is 19.8 Å². The Labute approximate surface area is 158 Å². The molecule has 0 aromatic carbocycles. The van der Waals surface area contributed by atoms with Gasteiger partial charge in [0.25, 0.3) is 0 Å². The topological polar surface area (TPSA) is 20.3 Å². The van der Waals surface area contributed by atoms with Crippen molar-refractivity contribution in [2.75, 3.05) is 6.54 Å². The second-order valence-corrected chi connectivity index (χ2v) is 8.28. The predicted molar refractivity (Wildman–Crippen MR) is 110 cm³/mol. The first-order chi connectivity index (χ1) is 12.3. The maximum atomic E-state index is 11.7. The lowest BCUT2D eigenvalue weighted by Gasteiger charge is -2.21. The minimum atomic E-state index is 0.383. The smallest absolute Gasteiger partial charge is 0.222 e. The molecule has 0 bridgehead atoms. The molecule has 25 heavy (non-hydrogen) atoms. The van der Waals surface area contributed by atoms with Crippen LogP contribution in [0.1, 0.15) is 129 Å². The highest BCUT2D eigenvalue weighted by molar-refractivity contribution is 5.78. The highest BCUT2D eigenvalue weighted by Gasteiger charge is 2.26. The lowest BCUT2D eigenvalue weighted by atomic mass is 10.0.